The van der Waals surface area contributed by atoms with E-state index in [0.717, 1.165) is 15.8 Å². The number of hydrogen-bond donors (Lipinski definition) is 1. The summed E-state index contributed by atoms with van der Waals surface area (Å²) in [6, 6.07) is 4.16. The molecule has 2 aromatic rings. The van der Waals surface area contributed by atoms with Crippen LogP contribution in [0.5, 0.6) is 0 Å². The van der Waals surface area contributed by atoms with Crippen LogP contribution in [-0.4, -0.2) is 9.97 Å². The maximum Gasteiger partial charge on any atom is 0.175 e. The molecular formula is C7H3BrI2N2. The Hall–Kier alpha value is 0.630. The molecule has 0 amide bonds. The number of hydrogen-bond acceptors (Lipinski definition) is 1. The first-order valence-electron chi connectivity index (χ1n) is 3.17. The van der Waals surface area contributed by atoms with Gasteiger partial charge >= 0.3 is 0 Å². The molecular weight excluding hydrogens is 446 g/mol. The summed E-state index contributed by atoms with van der Waals surface area (Å²) in [6.07, 6.45) is 0. The van der Waals surface area contributed by atoms with Gasteiger partial charge in [-0.15, -0.1) is 0 Å². The standard InChI is InChI=1S/C7H3BrI2N2/c8-7-11-5-1-3(9)4(10)2-6(5)12-7/h1-2H,(H,11,12). The number of aromatic amines is 1. The predicted octanol–water partition coefficient (Wildman–Crippen LogP) is 3.53. The zero-order valence-electron chi connectivity index (χ0n) is 5.74. The van der Waals surface area contributed by atoms with Gasteiger partial charge in [-0.25, -0.2) is 4.98 Å². The van der Waals surface area contributed by atoms with Crippen LogP contribution in [0.15, 0.2) is 16.9 Å². The van der Waals surface area contributed by atoms with Gasteiger partial charge in [0.1, 0.15) is 0 Å². The Balaban J connectivity index is 2.83. The molecule has 1 heterocycles. The first-order chi connectivity index (χ1) is 5.66. The summed E-state index contributed by atoms with van der Waals surface area (Å²) in [6.45, 7) is 0. The van der Waals surface area contributed by atoms with Crippen molar-refractivity contribution in [2.45, 2.75) is 0 Å². The van der Waals surface area contributed by atoms with E-state index in [1.54, 1.807) is 0 Å². The molecule has 12 heavy (non-hydrogen) atoms. The van der Waals surface area contributed by atoms with Crippen LogP contribution in [0.1, 0.15) is 0 Å². The summed E-state index contributed by atoms with van der Waals surface area (Å²) in [5.74, 6) is 0. The van der Waals surface area contributed by atoms with Crippen LogP contribution in [-0.2, 0) is 0 Å². The van der Waals surface area contributed by atoms with E-state index in [0.29, 0.717) is 0 Å². The summed E-state index contributed by atoms with van der Waals surface area (Å²) in [7, 11) is 0. The molecule has 1 N–H and O–H groups in total. The van der Waals surface area contributed by atoms with Crippen LogP contribution in [0.25, 0.3) is 11.0 Å². The van der Waals surface area contributed by atoms with Crippen molar-refractivity contribution < 1.29 is 0 Å². The fourth-order valence-electron chi connectivity index (χ4n) is 0.974. The molecule has 2 nitrogen and oxygen atoms in total. The summed E-state index contributed by atoms with van der Waals surface area (Å²) in [4.78, 5) is 7.39. The molecule has 0 bridgehead atoms. The number of rotatable bonds is 0. The fourth-order valence-corrected chi connectivity index (χ4v) is 2.30. The molecule has 0 aliphatic carbocycles. The predicted molar refractivity (Wildman–Crippen MR) is 69.2 cm³/mol. The second-order valence-corrected chi connectivity index (χ2v) is 5.39. The van der Waals surface area contributed by atoms with Crippen molar-refractivity contribution in [2.75, 3.05) is 0 Å². The monoisotopic (exact) mass is 448 g/mol. The molecule has 0 unspecified atom stereocenters. The molecule has 1 aromatic carbocycles. The third-order valence-electron chi connectivity index (χ3n) is 1.50. The van der Waals surface area contributed by atoms with Crippen molar-refractivity contribution >= 4 is 72.1 Å². The first kappa shape index (κ1) is 9.20. The molecule has 0 spiro atoms. The number of imidazole rings is 1. The lowest BCUT2D eigenvalue weighted by atomic mass is 10.3. The molecule has 0 fully saturated rings. The van der Waals surface area contributed by atoms with Crippen molar-refractivity contribution in [3.05, 3.63) is 24.0 Å². The Morgan fingerprint density at radius 1 is 1.25 bits per heavy atom. The molecule has 0 aliphatic heterocycles. The van der Waals surface area contributed by atoms with E-state index in [2.05, 4.69) is 83.2 Å². The molecule has 0 radical (unpaired) electrons. The molecule has 0 saturated carbocycles. The number of fused-ring (bicyclic) bond motifs is 1. The lowest BCUT2D eigenvalue weighted by Gasteiger charge is -1.93. The van der Waals surface area contributed by atoms with Crippen LogP contribution < -0.4 is 0 Å². The van der Waals surface area contributed by atoms with Gasteiger partial charge in [0.2, 0.25) is 0 Å². The van der Waals surface area contributed by atoms with Gasteiger partial charge in [0.05, 0.1) is 11.0 Å². The Labute approximate surface area is 105 Å². The molecule has 0 atom stereocenters. The molecule has 0 aliphatic rings. The first-order valence-corrected chi connectivity index (χ1v) is 6.12. The summed E-state index contributed by atoms with van der Waals surface area (Å²) >= 11 is 7.92. The van der Waals surface area contributed by atoms with E-state index in [1.165, 1.54) is 7.14 Å². The van der Waals surface area contributed by atoms with E-state index in [-0.39, 0.29) is 0 Å². The summed E-state index contributed by atoms with van der Waals surface area (Å²) in [5.41, 5.74) is 2.08. The second-order valence-electron chi connectivity index (χ2n) is 2.31. The number of nitrogens with one attached hydrogen (secondary N) is 1. The summed E-state index contributed by atoms with van der Waals surface area (Å²) in [5, 5.41) is 0. The highest BCUT2D eigenvalue weighted by atomic mass is 127. The highest BCUT2D eigenvalue weighted by Gasteiger charge is 2.03. The average Bonchev–Trinajstić information content (AvgIpc) is 2.30. The van der Waals surface area contributed by atoms with Gasteiger partial charge in [0.15, 0.2) is 4.73 Å². The maximum atomic E-state index is 4.27. The van der Waals surface area contributed by atoms with E-state index < -0.39 is 0 Å². The van der Waals surface area contributed by atoms with Gasteiger partial charge in [0, 0.05) is 7.14 Å². The number of H-pyrrole nitrogens is 1. The minimum absolute atomic E-state index is 0.787. The van der Waals surface area contributed by atoms with Gasteiger partial charge in [-0.3, -0.25) is 0 Å². The van der Waals surface area contributed by atoms with Crippen molar-refractivity contribution in [3.63, 3.8) is 0 Å². The van der Waals surface area contributed by atoms with Gasteiger partial charge in [-0.1, -0.05) is 0 Å². The van der Waals surface area contributed by atoms with E-state index in [1.807, 2.05) is 0 Å². The van der Waals surface area contributed by atoms with Crippen molar-refractivity contribution in [2.24, 2.45) is 0 Å². The number of halogens is 3. The minimum atomic E-state index is 0.787. The van der Waals surface area contributed by atoms with Crippen LogP contribution in [0.4, 0.5) is 0 Å². The highest BCUT2D eigenvalue weighted by Crippen LogP contribution is 2.22. The van der Waals surface area contributed by atoms with Gasteiger partial charge in [-0.05, 0) is 73.2 Å². The molecule has 2 rings (SSSR count). The van der Waals surface area contributed by atoms with Gasteiger partial charge in [0.25, 0.3) is 0 Å². The largest absolute Gasteiger partial charge is 0.332 e. The van der Waals surface area contributed by atoms with Crippen LogP contribution in [0.3, 0.4) is 0 Å². The normalized spacial score (nSPS) is 10.9. The molecule has 0 saturated heterocycles. The van der Waals surface area contributed by atoms with Crippen LogP contribution in [0, 0.1) is 7.14 Å². The highest BCUT2D eigenvalue weighted by molar-refractivity contribution is 14.1. The Bertz CT molecular complexity index is 399. The number of aromatic nitrogens is 2. The quantitative estimate of drug-likeness (QED) is 0.614. The molecule has 62 valence electrons. The molecule has 1 aromatic heterocycles. The van der Waals surface area contributed by atoms with Crippen LogP contribution in [0.2, 0.25) is 0 Å². The van der Waals surface area contributed by atoms with Gasteiger partial charge < -0.3 is 4.98 Å². The zero-order chi connectivity index (χ0) is 8.72. The average molecular weight is 449 g/mol. The van der Waals surface area contributed by atoms with Crippen molar-refractivity contribution in [1.82, 2.24) is 9.97 Å². The van der Waals surface area contributed by atoms with E-state index in [9.17, 15) is 0 Å². The third-order valence-corrected chi connectivity index (χ3v) is 4.69. The van der Waals surface area contributed by atoms with Crippen molar-refractivity contribution in [3.8, 4) is 0 Å². The maximum absolute atomic E-state index is 4.27. The second kappa shape index (κ2) is 3.41. The van der Waals surface area contributed by atoms with Crippen LogP contribution >= 0.6 is 61.1 Å². The Kier molecular flexibility index (Phi) is 2.61. The smallest absolute Gasteiger partial charge is 0.175 e. The lowest BCUT2D eigenvalue weighted by molar-refractivity contribution is 1.27. The third kappa shape index (κ3) is 1.63. The minimum Gasteiger partial charge on any atom is -0.332 e. The van der Waals surface area contributed by atoms with E-state index in [4.69, 9.17) is 0 Å². The number of benzene rings is 1. The Morgan fingerprint density at radius 2 is 1.92 bits per heavy atom. The SMILES string of the molecule is Brc1nc2cc(I)c(I)cc2[nH]1. The topological polar surface area (TPSA) is 28.7 Å². The van der Waals surface area contributed by atoms with Gasteiger partial charge in [-0.2, -0.15) is 0 Å². The van der Waals surface area contributed by atoms with E-state index >= 15 is 0 Å². The molecule has 5 heteroatoms. The fraction of sp³-hybridized carbons (Fsp3) is 0. The Morgan fingerprint density at radius 3 is 2.67 bits per heavy atom. The number of nitrogens with zero attached hydrogens (tertiary/aromatic N) is 1. The van der Waals surface area contributed by atoms with Crippen molar-refractivity contribution in [1.29, 1.82) is 0 Å². The lowest BCUT2D eigenvalue weighted by Crippen LogP contribution is -1.78. The summed E-state index contributed by atoms with van der Waals surface area (Å²) < 4.78 is 3.27. The zero-order valence-corrected chi connectivity index (χ0v) is 11.6.